The van der Waals surface area contributed by atoms with E-state index in [0.29, 0.717) is 18.8 Å². The molecule has 0 aromatic rings. The Balaban J connectivity index is 1.55. The molecule has 0 fully saturated rings. The Kier molecular flexibility index (Phi) is 7.73. The minimum Gasteiger partial charge on any atom is -0.501 e. The number of fused-ring (bicyclic) bond motifs is 2. The lowest BCUT2D eigenvalue weighted by Gasteiger charge is -2.40. The zero-order valence-corrected chi connectivity index (χ0v) is 20.5. The zero-order chi connectivity index (χ0) is 24.2. The number of hydrogen-bond acceptors (Lipinski definition) is 7. The Hall–Kier alpha value is -2.64. The summed E-state index contributed by atoms with van der Waals surface area (Å²) in [4.78, 5) is 0. The van der Waals surface area contributed by atoms with Gasteiger partial charge in [0, 0.05) is 49.4 Å². The maximum absolute atomic E-state index is 10.1. The van der Waals surface area contributed by atoms with Crippen LogP contribution in [0.15, 0.2) is 69.8 Å². The van der Waals surface area contributed by atoms with Crippen molar-refractivity contribution in [3.63, 3.8) is 0 Å². The quantitative estimate of drug-likeness (QED) is 0.527. The van der Waals surface area contributed by atoms with Gasteiger partial charge in [-0.25, -0.2) is 0 Å². The van der Waals surface area contributed by atoms with Gasteiger partial charge >= 0.3 is 0 Å². The topological polar surface area (TPSA) is 86.6 Å². The number of ether oxygens (including phenoxy) is 5. The van der Waals surface area contributed by atoms with Gasteiger partial charge in [0.05, 0.1) is 40.3 Å². The van der Waals surface area contributed by atoms with Gasteiger partial charge in [0.2, 0.25) is 0 Å². The predicted octanol–water partition coefficient (Wildman–Crippen LogP) is 3.88. The minimum absolute atomic E-state index is 0.0695. The smallest absolute Gasteiger partial charge is 0.160 e. The molecule has 0 bridgehead atoms. The molecule has 4 rings (SSSR count). The molecule has 3 aliphatic carbocycles. The fraction of sp³-hybridized carbons (Fsp3) is 0.556. The van der Waals surface area contributed by atoms with E-state index in [1.165, 1.54) is 11.1 Å². The van der Waals surface area contributed by atoms with Crippen molar-refractivity contribution in [2.24, 2.45) is 17.8 Å². The summed E-state index contributed by atoms with van der Waals surface area (Å²) in [5.74, 6) is 4.18. The molecule has 0 spiro atoms. The highest BCUT2D eigenvalue weighted by molar-refractivity contribution is 5.46. The third-order valence-corrected chi connectivity index (χ3v) is 7.16. The number of allylic oxidation sites excluding steroid dienone is 5. The van der Waals surface area contributed by atoms with Crippen molar-refractivity contribution in [2.75, 3.05) is 41.2 Å². The molecule has 7 nitrogen and oxygen atoms in total. The van der Waals surface area contributed by atoms with E-state index in [1.807, 2.05) is 25.2 Å². The average molecular weight is 473 g/mol. The predicted molar refractivity (Wildman–Crippen MR) is 127 cm³/mol. The molecule has 0 amide bonds. The first-order valence-electron chi connectivity index (χ1n) is 11.9. The Morgan fingerprint density at radius 2 is 1.85 bits per heavy atom. The van der Waals surface area contributed by atoms with Gasteiger partial charge in [-0.3, -0.25) is 0 Å². The normalized spacial score (nSPS) is 27.3. The first-order valence-corrected chi connectivity index (χ1v) is 11.9. The number of aliphatic hydroxyl groups is 2. The van der Waals surface area contributed by atoms with Crippen molar-refractivity contribution in [3.05, 3.63) is 69.8 Å². The summed E-state index contributed by atoms with van der Waals surface area (Å²) in [5.41, 5.74) is 3.54. The van der Waals surface area contributed by atoms with Gasteiger partial charge in [-0.05, 0) is 24.5 Å². The van der Waals surface area contributed by atoms with Gasteiger partial charge < -0.3 is 33.9 Å². The number of rotatable bonds is 9. The summed E-state index contributed by atoms with van der Waals surface area (Å²) >= 11 is 0. The van der Waals surface area contributed by atoms with Gasteiger partial charge in [0.15, 0.2) is 5.76 Å². The molecule has 2 N–H and O–H groups in total. The van der Waals surface area contributed by atoms with Crippen molar-refractivity contribution in [3.8, 4) is 0 Å². The van der Waals surface area contributed by atoms with Crippen LogP contribution in [0.25, 0.3) is 0 Å². The second-order valence-corrected chi connectivity index (χ2v) is 9.23. The molecular formula is C27H36O7. The number of methoxy groups -OCH3 is 3. The van der Waals surface area contributed by atoms with Crippen LogP contribution >= 0.6 is 0 Å². The Morgan fingerprint density at radius 1 is 1.03 bits per heavy atom. The molecule has 0 saturated heterocycles. The molecule has 34 heavy (non-hydrogen) atoms. The fourth-order valence-corrected chi connectivity index (χ4v) is 5.13. The van der Waals surface area contributed by atoms with E-state index in [2.05, 4.69) is 6.08 Å². The van der Waals surface area contributed by atoms with Crippen LogP contribution in [0.2, 0.25) is 0 Å². The minimum atomic E-state index is -0.413. The first kappa shape index (κ1) is 24.5. The summed E-state index contributed by atoms with van der Waals surface area (Å²) in [6.07, 6.45) is 10.8. The maximum atomic E-state index is 10.1. The van der Waals surface area contributed by atoms with Crippen LogP contribution < -0.4 is 0 Å². The summed E-state index contributed by atoms with van der Waals surface area (Å²) in [6.45, 7) is 2.50. The maximum Gasteiger partial charge on any atom is 0.160 e. The highest BCUT2D eigenvalue weighted by atomic mass is 16.5. The Labute approximate surface area is 201 Å². The summed E-state index contributed by atoms with van der Waals surface area (Å²) in [7, 11) is 4.98. The molecule has 0 saturated carbocycles. The van der Waals surface area contributed by atoms with Gasteiger partial charge in [0.25, 0.3) is 0 Å². The molecular weight excluding hydrogens is 436 g/mol. The van der Waals surface area contributed by atoms with Crippen LogP contribution in [0.4, 0.5) is 0 Å². The van der Waals surface area contributed by atoms with Crippen LogP contribution in [-0.2, 0) is 23.7 Å². The van der Waals surface area contributed by atoms with Crippen molar-refractivity contribution in [1.29, 1.82) is 0 Å². The highest BCUT2D eigenvalue weighted by Gasteiger charge is 2.39. The second kappa shape index (κ2) is 10.7. The van der Waals surface area contributed by atoms with Crippen molar-refractivity contribution >= 4 is 0 Å². The molecule has 7 heteroatoms. The standard InChI is InChI=1S/C27H36O7/c1-16(13-28)18-5-6-21-22(9-18)27(14-29)34-24-12-26(25(32-4)11-23(21)24)33-15-17-7-19(30-2)10-20(8-17)31-3/h7,9-10,12,16-17,23,27-29H,5-6,8,11,13-15H2,1-4H3. The molecule has 186 valence electrons. The largest absolute Gasteiger partial charge is 0.501 e. The summed E-state index contributed by atoms with van der Waals surface area (Å²) in [5, 5.41) is 19.7. The average Bonchev–Trinajstić information content (AvgIpc) is 2.89. The fourth-order valence-electron chi connectivity index (χ4n) is 5.13. The lowest BCUT2D eigenvalue weighted by Crippen LogP contribution is -2.34. The van der Waals surface area contributed by atoms with Crippen LogP contribution in [0.3, 0.4) is 0 Å². The van der Waals surface area contributed by atoms with Gasteiger partial charge in [-0.2, -0.15) is 0 Å². The molecule has 1 heterocycles. The van der Waals surface area contributed by atoms with Gasteiger partial charge in [-0.15, -0.1) is 0 Å². The van der Waals surface area contributed by atoms with Crippen molar-refractivity contribution < 1.29 is 33.9 Å². The Morgan fingerprint density at radius 3 is 2.53 bits per heavy atom. The van der Waals surface area contributed by atoms with Crippen LogP contribution in [0, 0.1) is 17.8 Å². The second-order valence-electron chi connectivity index (χ2n) is 9.23. The molecule has 1 aliphatic heterocycles. The van der Waals surface area contributed by atoms with E-state index in [4.69, 9.17) is 23.7 Å². The number of hydrogen-bond donors (Lipinski definition) is 2. The lowest BCUT2D eigenvalue weighted by molar-refractivity contribution is 0.0512. The molecule has 0 radical (unpaired) electrons. The monoisotopic (exact) mass is 472 g/mol. The zero-order valence-electron chi connectivity index (χ0n) is 20.5. The SMILES string of the molecule is COC1=CC(COC2=C(OC)CC3C(=C2)OC(CO)C2=C3CCC(C(C)CO)=C2)CC(OC)=C1. The van der Waals surface area contributed by atoms with E-state index in [0.717, 1.165) is 47.9 Å². The highest BCUT2D eigenvalue weighted by Crippen LogP contribution is 2.46. The van der Waals surface area contributed by atoms with Crippen molar-refractivity contribution in [2.45, 2.75) is 38.7 Å². The third-order valence-electron chi connectivity index (χ3n) is 7.16. The van der Waals surface area contributed by atoms with E-state index in [-0.39, 0.29) is 31.0 Å². The van der Waals surface area contributed by atoms with Gasteiger partial charge in [-0.1, -0.05) is 24.1 Å². The molecule has 4 aliphatic rings. The summed E-state index contributed by atoms with van der Waals surface area (Å²) < 4.78 is 29.1. The van der Waals surface area contributed by atoms with E-state index >= 15 is 0 Å². The first-order chi connectivity index (χ1) is 16.5. The van der Waals surface area contributed by atoms with Crippen molar-refractivity contribution in [1.82, 2.24) is 0 Å². The van der Waals surface area contributed by atoms with Crippen LogP contribution in [0.5, 0.6) is 0 Å². The third kappa shape index (κ3) is 4.91. The Bertz CT molecular complexity index is 965. The van der Waals surface area contributed by atoms with Crippen LogP contribution in [0.1, 0.15) is 32.6 Å². The van der Waals surface area contributed by atoms with E-state index in [1.54, 1.807) is 21.3 Å². The molecule has 4 atom stereocenters. The number of aliphatic hydroxyl groups excluding tert-OH is 2. The van der Waals surface area contributed by atoms with E-state index < -0.39 is 6.10 Å². The lowest BCUT2D eigenvalue weighted by atomic mass is 9.75. The molecule has 4 unspecified atom stereocenters. The molecule has 0 aromatic heterocycles. The molecule has 0 aromatic carbocycles. The van der Waals surface area contributed by atoms with Crippen LogP contribution in [-0.4, -0.2) is 57.5 Å². The van der Waals surface area contributed by atoms with E-state index in [9.17, 15) is 10.2 Å². The van der Waals surface area contributed by atoms with Gasteiger partial charge in [0.1, 0.15) is 23.4 Å². The summed E-state index contributed by atoms with van der Waals surface area (Å²) in [6, 6.07) is 0.